The summed E-state index contributed by atoms with van der Waals surface area (Å²) in [5.74, 6) is 0. The van der Waals surface area contributed by atoms with Crippen LogP contribution < -0.4 is 21.5 Å². The lowest BCUT2D eigenvalue weighted by molar-refractivity contribution is 0.809. The van der Waals surface area contributed by atoms with Gasteiger partial charge in [-0.1, -0.05) is 36.4 Å². The van der Waals surface area contributed by atoms with Gasteiger partial charge in [-0.2, -0.15) is 0 Å². The second-order valence-corrected chi connectivity index (χ2v) is 5.99. The lowest BCUT2D eigenvalue weighted by atomic mass is 10.1. The third-order valence-corrected chi connectivity index (χ3v) is 3.80. The van der Waals surface area contributed by atoms with Crippen molar-refractivity contribution < 1.29 is 0 Å². The van der Waals surface area contributed by atoms with Crippen molar-refractivity contribution in [2.75, 3.05) is 5.32 Å². The average molecular weight is 345 g/mol. The molecule has 0 spiro atoms. The van der Waals surface area contributed by atoms with Gasteiger partial charge in [-0.05, 0) is 67.1 Å². The summed E-state index contributed by atoms with van der Waals surface area (Å²) in [4.78, 5) is 0. The van der Waals surface area contributed by atoms with Gasteiger partial charge >= 0.3 is 0 Å². The van der Waals surface area contributed by atoms with E-state index in [2.05, 4.69) is 47.5 Å². The summed E-state index contributed by atoms with van der Waals surface area (Å²) in [6.07, 6.45) is 0. The minimum atomic E-state index is 0.456. The van der Waals surface area contributed by atoms with Gasteiger partial charge in [-0.15, -0.1) is 0 Å². The Morgan fingerprint density at radius 3 is 2.26 bits per heavy atom. The highest BCUT2D eigenvalue weighted by molar-refractivity contribution is 7.80. The smallest absolute Gasteiger partial charge is 0.189 e. The minimum Gasteiger partial charge on any atom is -0.357 e. The molecule has 0 aliphatic heterocycles. The Kier molecular flexibility index (Phi) is 6.31. The first-order valence-corrected chi connectivity index (χ1v) is 8.08. The van der Waals surface area contributed by atoms with Gasteiger partial charge < -0.3 is 10.6 Å². The van der Waals surface area contributed by atoms with E-state index in [1.807, 2.05) is 36.4 Å². The first-order valence-electron chi connectivity index (χ1n) is 7.26. The number of nitrogens with one attached hydrogen (secondary N) is 4. The molecule has 0 aromatic heterocycles. The van der Waals surface area contributed by atoms with Crippen LogP contribution in [0.15, 0.2) is 48.5 Å². The molecule has 2 rings (SSSR count). The van der Waals surface area contributed by atoms with Crippen molar-refractivity contribution in [1.29, 1.82) is 0 Å². The van der Waals surface area contributed by atoms with Crippen LogP contribution in [0.5, 0.6) is 0 Å². The lowest BCUT2D eigenvalue weighted by Gasteiger charge is -2.15. The lowest BCUT2D eigenvalue weighted by Crippen LogP contribution is -2.47. The Morgan fingerprint density at radius 2 is 1.57 bits per heavy atom. The molecule has 2 aromatic rings. The van der Waals surface area contributed by atoms with Crippen LogP contribution in [0.1, 0.15) is 16.7 Å². The average Bonchev–Trinajstić information content (AvgIpc) is 2.55. The maximum absolute atomic E-state index is 5.24. The van der Waals surface area contributed by atoms with Crippen LogP contribution in [0.25, 0.3) is 0 Å². The Balaban J connectivity index is 1.73. The quantitative estimate of drug-likeness (QED) is 0.507. The summed E-state index contributed by atoms with van der Waals surface area (Å²) in [5.41, 5.74) is 10.3. The zero-order valence-electron chi connectivity index (χ0n) is 13.1. The van der Waals surface area contributed by atoms with Gasteiger partial charge in [0.25, 0.3) is 0 Å². The molecule has 0 radical (unpaired) electrons. The number of aryl methyl sites for hydroxylation is 2. The van der Waals surface area contributed by atoms with Crippen molar-refractivity contribution in [3.05, 3.63) is 65.2 Å². The number of hydrogen-bond donors (Lipinski definition) is 4. The highest BCUT2D eigenvalue weighted by atomic mass is 32.1. The number of rotatable bonds is 3. The SMILES string of the molecule is Cc1ccc(NC(=S)NNC(=S)NCc2ccccc2)cc1C. The summed E-state index contributed by atoms with van der Waals surface area (Å²) in [6.45, 7) is 4.80. The van der Waals surface area contributed by atoms with Gasteiger partial charge in [0.1, 0.15) is 0 Å². The summed E-state index contributed by atoms with van der Waals surface area (Å²) >= 11 is 10.4. The summed E-state index contributed by atoms with van der Waals surface area (Å²) in [5, 5.41) is 7.15. The standard InChI is InChI=1S/C17H20N4S2/c1-12-8-9-15(10-13(12)2)19-17(23)21-20-16(22)18-11-14-6-4-3-5-7-14/h3-10H,11H2,1-2H3,(H2,18,20,22)(H2,19,21,23). The first kappa shape index (κ1) is 17.2. The molecule has 0 aliphatic carbocycles. The zero-order chi connectivity index (χ0) is 16.7. The van der Waals surface area contributed by atoms with Gasteiger partial charge in [-0.3, -0.25) is 10.9 Å². The van der Waals surface area contributed by atoms with E-state index in [4.69, 9.17) is 24.4 Å². The molecule has 4 nitrogen and oxygen atoms in total. The van der Waals surface area contributed by atoms with E-state index in [1.165, 1.54) is 11.1 Å². The Bertz CT molecular complexity index is 686. The molecule has 0 fully saturated rings. The van der Waals surface area contributed by atoms with E-state index in [0.717, 1.165) is 11.3 Å². The van der Waals surface area contributed by atoms with Crippen LogP contribution in [0, 0.1) is 13.8 Å². The van der Waals surface area contributed by atoms with Gasteiger partial charge in [0.05, 0.1) is 0 Å². The third kappa shape index (κ3) is 5.84. The minimum absolute atomic E-state index is 0.456. The fourth-order valence-corrected chi connectivity index (χ4v) is 2.21. The fourth-order valence-electron chi connectivity index (χ4n) is 1.92. The predicted octanol–water partition coefficient (Wildman–Crippen LogP) is 3.17. The summed E-state index contributed by atoms with van der Waals surface area (Å²) < 4.78 is 0. The molecule has 120 valence electrons. The molecule has 0 saturated heterocycles. The van der Waals surface area contributed by atoms with E-state index in [-0.39, 0.29) is 0 Å². The number of thiocarbonyl (C=S) groups is 2. The third-order valence-electron chi connectivity index (χ3n) is 3.35. The van der Waals surface area contributed by atoms with Crippen molar-refractivity contribution in [3.63, 3.8) is 0 Å². The van der Waals surface area contributed by atoms with Crippen LogP contribution in [0.4, 0.5) is 5.69 Å². The predicted molar refractivity (Wildman–Crippen MR) is 104 cm³/mol. The van der Waals surface area contributed by atoms with Crippen LogP contribution in [-0.4, -0.2) is 10.2 Å². The molecule has 0 amide bonds. The van der Waals surface area contributed by atoms with Gasteiger partial charge in [0.2, 0.25) is 0 Å². The Morgan fingerprint density at radius 1 is 0.870 bits per heavy atom. The van der Waals surface area contributed by atoms with Crippen LogP contribution in [-0.2, 0) is 6.54 Å². The molecular weight excluding hydrogens is 324 g/mol. The zero-order valence-corrected chi connectivity index (χ0v) is 14.8. The Hall–Kier alpha value is -2.18. The van der Waals surface area contributed by atoms with Crippen molar-refractivity contribution >= 4 is 40.3 Å². The Labute approximate surface area is 147 Å². The molecule has 0 saturated carbocycles. The molecular formula is C17H20N4S2. The monoisotopic (exact) mass is 344 g/mol. The molecule has 23 heavy (non-hydrogen) atoms. The summed E-state index contributed by atoms with van der Waals surface area (Å²) in [6, 6.07) is 16.1. The van der Waals surface area contributed by atoms with E-state index >= 15 is 0 Å². The molecule has 6 heteroatoms. The van der Waals surface area contributed by atoms with Crippen LogP contribution in [0.3, 0.4) is 0 Å². The van der Waals surface area contributed by atoms with E-state index in [1.54, 1.807) is 0 Å². The molecule has 0 atom stereocenters. The maximum atomic E-state index is 5.24. The number of anilines is 1. The second-order valence-electron chi connectivity index (χ2n) is 5.17. The van der Waals surface area contributed by atoms with E-state index in [9.17, 15) is 0 Å². The number of hydrogen-bond acceptors (Lipinski definition) is 2. The highest BCUT2D eigenvalue weighted by Crippen LogP contribution is 2.13. The molecule has 0 heterocycles. The second kappa shape index (κ2) is 8.45. The maximum Gasteiger partial charge on any atom is 0.189 e. The topological polar surface area (TPSA) is 48.1 Å². The molecule has 0 aliphatic rings. The highest BCUT2D eigenvalue weighted by Gasteiger charge is 2.01. The molecule has 0 bridgehead atoms. The fraction of sp³-hybridized carbons (Fsp3) is 0.176. The van der Waals surface area contributed by atoms with Gasteiger partial charge in [0.15, 0.2) is 10.2 Å². The largest absolute Gasteiger partial charge is 0.357 e. The van der Waals surface area contributed by atoms with Crippen molar-refractivity contribution in [2.45, 2.75) is 20.4 Å². The molecule has 0 unspecified atom stereocenters. The number of hydrazine groups is 1. The first-order chi connectivity index (χ1) is 11.0. The normalized spacial score (nSPS) is 9.83. The van der Waals surface area contributed by atoms with Crippen LogP contribution >= 0.6 is 24.4 Å². The molecule has 4 N–H and O–H groups in total. The van der Waals surface area contributed by atoms with Gasteiger partial charge in [-0.25, -0.2) is 0 Å². The molecule has 2 aromatic carbocycles. The number of benzene rings is 2. The van der Waals surface area contributed by atoms with Crippen LogP contribution in [0.2, 0.25) is 0 Å². The van der Waals surface area contributed by atoms with Crippen molar-refractivity contribution in [2.24, 2.45) is 0 Å². The van der Waals surface area contributed by atoms with Gasteiger partial charge in [0, 0.05) is 12.2 Å². The van der Waals surface area contributed by atoms with E-state index < -0.39 is 0 Å². The van der Waals surface area contributed by atoms with E-state index in [0.29, 0.717) is 16.8 Å². The van der Waals surface area contributed by atoms with Crippen molar-refractivity contribution in [1.82, 2.24) is 16.2 Å². The summed E-state index contributed by atoms with van der Waals surface area (Å²) in [7, 11) is 0. The van der Waals surface area contributed by atoms with Crippen molar-refractivity contribution in [3.8, 4) is 0 Å².